The van der Waals surface area contributed by atoms with E-state index in [-0.39, 0.29) is 22.9 Å². The summed E-state index contributed by atoms with van der Waals surface area (Å²) in [6.45, 7) is 2.50. The Hall–Kier alpha value is -3.60. The number of hydrogen-bond donors (Lipinski definition) is 1. The van der Waals surface area contributed by atoms with E-state index in [1.54, 1.807) is 34.9 Å². The average molecular weight is 576 g/mol. The summed E-state index contributed by atoms with van der Waals surface area (Å²) < 4.78 is 44.8. The first-order valence-electron chi connectivity index (χ1n) is 14.1. The van der Waals surface area contributed by atoms with Gasteiger partial charge in [-0.2, -0.15) is 4.31 Å². The summed E-state index contributed by atoms with van der Waals surface area (Å²) in [4.78, 5) is 11.2. The Morgan fingerprint density at radius 2 is 1.71 bits per heavy atom. The smallest absolute Gasteiger partial charge is 0.245 e. The number of aliphatic hydroxyl groups is 1. The largest absolute Gasteiger partial charge is 0.393 e. The molecular weight excluding hydrogens is 541 g/mol. The molecule has 2 aliphatic heterocycles. The molecule has 0 spiro atoms. The van der Waals surface area contributed by atoms with Crippen LogP contribution in [0.3, 0.4) is 0 Å². The van der Waals surface area contributed by atoms with Crippen LogP contribution in [0.5, 0.6) is 0 Å². The number of aliphatic hydroxyl groups excluding tert-OH is 1. The lowest BCUT2D eigenvalue weighted by molar-refractivity contribution is 0.145. The van der Waals surface area contributed by atoms with E-state index < -0.39 is 10.0 Å². The quantitative estimate of drug-likeness (QED) is 0.324. The number of pyridine rings is 1. The van der Waals surface area contributed by atoms with Gasteiger partial charge in [0.25, 0.3) is 0 Å². The molecule has 1 unspecified atom stereocenters. The first-order chi connectivity index (χ1) is 19.9. The molecule has 8 nitrogen and oxygen atoms in total. The van der Waals surface area contributed by atoms with E-state index in [0.717, 1.165) is 47.5 Å². The van der Waals surface area contributed by atoms with Gasteiger partial charge >= 0.3 is 0 Å². The molecule has 2 aromatic carbocycles. The number of imidazole rings is 1. The number of nitrogens with zero attached hydrogens (tertiary/aromatic N) is 5. The fourth-order valence-electron chi connectivity index (χ4n) is 5.93. The van der Waals surface area contributed by atoms with Crippen molar-refractivity contribution in [3.05, 3.63) is 96.3 Å². The van der Waals surface area contributed by atoms with Crippen molar-refractivity contribution < 1.29 is 17.9 Å². The zero-order valence-electron chi connectivity index (χ0n) is 22.8. The summed E-state index contributed by atoms with van der Waals surface area (Å²) in [6.07, 6.45) is 8.36. The molecule has 0 radical (unpaired) electrons. The predicted molar refractivity (Wildman–Crippen MR) is 155 cm³/mol. The highest BCUT2D eigenvalue weighted by Crippen LogP contribution is 2.40. The predicted octanol–water partition coefficient (Wildman–Crippen LogP) is 4.81. The van der Waals surface area contributed by atoms with Crippen molar-refractivity contribution in [1.29, 1.82) is 0 Å². The molecule has 4 aromatic rings. The number of halogens is 1. The number of rotatable bonds is 8. The molecule has 6 rings (SSSR count). The number of piperidine rings is 1. The van der Waals surface area contributed by atoms with Gasteiger partial charge in [-0.25, -0.2) is 22.8 Å². The highest BCUT2D eigenvalue weighted by Gasteiger charge is 2.37. The van der Waals surface area contributed by atoms with E-state index in [0.29, 0.717) is 39.0 Å². The maximum absolute atomic E-state index is 13.9. The second-order valence-corrected chi connectivity index (χ2v) is 12.7. The zero-order valence-corrected chi connectivity index (χ0v) is 23.6. The van der Waals surface area contributed by atoms with Crippen LogP contribution >= 0.6 is 0 Å². The maximum atomic E-state index is 13.9. The SMILES string of the molecule is O=S(=O)(c1ccc(N2CCC(O)CC2)nc1)N1CCCC1c1ccccc1-c1cncn1CCc1ccc(F)cc1. The summed E-state index contributed by atoms with van der Waals surface area (Å²) in [5.74, 6) is 0.476. The van der Waals surface area contributed by atoms with Crippen LogP contribution in [0.1, 0.15) is 42.9 Å². The van der Waals surface area contributed by atoms with E-state index in [9.17, 15) is 17.9 Å². The number of benzene rings is 2. The van der Waals surface area contributed by atoms with E-state index in [4.69, 9.17) is 0 Å². The summed E-state index contributed by atoms with van der Waals surface area (Å²) in [6, 6.07) is 17.6. The summed E-state index contributed by atoms with van der Waals surface area (Å²) in [5.41, 5.74) is 3.86. The van der Waals surface area contributed by atoms with Crippen molar-refractivity contribution in [3.8, 4) is 11.3 Å². The van der Waals surface area contributed by atoms with E-state index in [1.807, 2.05) is 30.5 Å². The third kappa shape index (κ3) is 5.77. The number of sulfonamides is 1. The highest BCUT2D eigenvalue weighted by molar-refractivity contribution is 7.89. The van der Waals surface area contributed by atoms with Gasteiger partial charge in [-0.3, -0.25) is 0 Å². The van der Waals surface area contributed by atoms with E-state index in [1.165, 1.54) is 18.3 Å². The molecule has 0 amide bonds. The lowest BCUT2D eigenvalue weighted by atomic mass is 9.97. The van der Waals surface area contributed by atoms with Gasteiger partial charge in [0.2, 0.25) is 10.0 Å². The van der Waals surface area contributed by atoms with Gasteiger partial charge in [-0.1, -0.05) is 36.4 Å². The molecule has 2 saturated heterocycles. The number of aryl methyl sites for hydroxylation is 2. The third-order valence-electron chi connectivity index (χ3n) is 8.18. The molecule has 0 bridgehead atoms. The Kier molecular flexibility index (Phi) is 7.88. The standard InChI is InChI=1S/C31H34FN5O3S/c32-24-9-7-23(8-10-24)13-17-36-22-33-21-30(36)28-5-2-1-4-27(28)29-6-3-16-37(29)41(39,40)26-11-12-31(34-20-26)35-18-14-25(38)15-19-35/h1-2,4-5,7-12,20-22,25,29,38H,3,6,13-19H2. The van der Waals surface area contributed by atoms with Gasteiger partial charge in [0.15, 0.2) is 0 Å². The van der Waals surface area contributed by atoms with E-state index >= 15 is 0 Å². The van der Waals surface area contributed by atoms with Gasteiger partial charge in [-0.05, 0) is 67.5 Å². The molecule has 2 aliphatic rings. The second-order valence-electron chi connectivity index (χ2n) is 10.8. The highest BCUT2D eigenvalue weighted by atomic mass is 32.2. The lowest BCUT2D eigenvalue weighted by Crippen LogP contribution is -2.36. The zero-order chi connectivity index (χ0) is 28.4. The molecule has 10 heteroatoms. The molecule has 2 fully saturated rings. The Morgan fingerprint density at radius 1 is 0.927 bits per heavy atom. The second kappa shape index (κ2) is 11.7. The van der Waals surface area contributed by atoms with Crippen molar-refractivity contribution in [3.63, 3.8) is 0 Å². The Labute approximate surface area is 240 Å². The maximum Gasteiger partial charge on any atom is 0.245 e. The number of anilines is 1. The first kappa shape index (κ1) is 27.6. The number of aromatic nitrogens is 3. The summed E-state index contributed by atoms with van der Waals surface area (Å²) >= 11 is 0. The molecule has 2 aromatic heterocycles. The van der Waals surface area contributed by atoms with E-state index in [2.05, 4.69) is 19.4 Å². The Bertz CT molecular complexity index is 1580. The normalized spacial score (nSPS) is 18.7. The molecule has 0 saturated carbocycles. The van der Waals surface area contributed by atoms with Crippen LogP contribution in [-0.2, 0) is 23.0 Å². The van der Waals surface area contributed by atoms with Gasteiger partial charge in [0, 0.05) is 37.9 Å². The molecular formula is C31H34FN5O3S. The average Bonchev–Trinajstić information content (AvgIpc) is 3.68. The first-order valence-corrected chi connectivity index (χ1v) is 15.6. The van der Waals surface area contributed by atoms with Crippen molar-refractivity contribution in [2.75, 3.05) is 24.5 Å². The van der Waals surface area contributed by atoms with Gasteiger partial charge < -0.3 is 14.6 Å². The minimum atomic E-state index is -3.78. The molecule has 4 heterocycles. The third-order valence-corrected chi connectivity index (χ3v) is 10.1. The molecule has 214 valence electrons. The lowest BCUT2D eigenvalue weighted by Gasteiger charge is -2.30. The van der Waals surface area contributed by atoms with Crippen LogP contribution in [0.2, 0.25) is 0 Å². The van der Waals surface area contributed by atoms with Crippen LogP contribution < -0.4 is 4.90 Å². The van der Waals surface area contributed by atoms with Crippen LogP contribution in [0, 0.1) is 5.82 Å². The topological polar surface area (TPSA) is 91.6 Å². The Balaban J connectivity index is 1.24. The van der Waals surface area contributed by atoms with Crippen molar-refractivity contribution in [2.45, 2.75) is 55.7 Å². The minimum Gasteiger partial charge on any atom is -0.393 e. The van der Waals surface area contributed by atoms with Crippen LogP contribution in [0.4, 0.5) is 10.2 Å². The van der Waals surface area contributed by atoms with Crippen LogP contribution in [-0.4, -0.2) is 58.1 Å². The number of hydrogen-bond acceptors (Lipinski definition) is 6. The fourth-order valence-corrected chi connectivity index (χ4v) is 7.55. The van der Waals surface area contributed by atoms with Gasteiger partial charge in [0.05, 0.1) is 30.4 Å². The van der Waals surface area contributed by atoms with Crippen molar-refractivity contribution in [2.24, 2.45) is 0 Å². The summed E-state index contributed by atoms with van der Waals surface area (Å²) in [5, 5.41) is 9.79. The monoisotopic (exact) mass is 575 g/mol. The van der Waals surface area contributed by atoms with Crippen molar-refractivity contribution >= 4 is 15.8 Å². The summed E-state index contributed by atoms with van der Waals surface area (Å²) in [7, 11) is -3.78. The fraction of sp³-hybridized carbons (Fsp3) is 0.355. The van der Waals surface area contributed by atoms with Crippen LogP contribution in [0.15, 0.2) is 84.3 Å². The Morgan fingerprint density at radius 3 is 2.46 bits per heavy atom. The molecule has 1 atom stereocenters. The van der Waals surface area contributed by atoms with Crippen LogP contribution in [0.25, 0.3) is 11.3 Å². The van der Waals surface area contributed by atoms with Crippen molar-refractivity contribution in [1.82, 2.24) is 18.8 Å². The molecule has 0 aliphatic carbocycles. The van der Waals surface area contributed by atoms with Gasteiger partial charge in [-0.15, -0.1) is 0 Å². The molecule has 41 heavy (non-hydrogen) atoms. The minimum absolute atomic E-state index is 0.187. The van der Waals surface area contributed by atoms with Gasteiger partial charge in [0.1, 0.15) is 16.5 Å². The molecule has 1 N–H and O–H groups in total.